The Hall–Kier alpha value is -1.69. The fraction of sp³-hybridized carbons (Fsp3) is 0.562. The zero-order valence-corrected chi connectivity index (χ0v) is 14.0. The first kappa shape index (κ1) is 18.4. The molecule has 6 heteroatoms. The van der Waals surface area contributed by atoms with Gasteiger partial charge in [-0.25, -0.2) is 8.78 Å². The second kappa shape index (κ2) is 8.68. The highest BCUT2D eigenvalue weighted by atomic mass is 19.1. The van der Waals surface area contributed by atoms with Gasteiger partial charge < -0.3 is 15.5 Å². The summed E-state index contributed by atoms with van der Waals surface area (Å²) in [6.45, 7) is 4.47. The molecule has 0 aliphatic carbocycles. The Bertz CT molecular complexity index is 483. The lowest BCUT2D eigenvalue weighted by Gasteiger charge is -2.27. The molecule has 1 aromatic rings. The quantitative estimate of drug-likeness (QED) is 0.626. The van der Waals surface area contributed by atoms with Crippen LogP contribution >= 0.6 is 0 Å². The van der Waals surface area contributed by atoms with Crippen molar-refractivity contribution in [1.29, 1.82) is 0 Å². The van der Waals surface area contributed by atoms with Gasteiger partial charge in [0.15, 0.2) is 5.96 Å². The number of nitrogens with one attached hydrogen (secondary N) is 2. The summed E-state index contributed by atoms with van der Waals surface area (Å²) in [6.07, 6.45) is 0.958. The monoisotopic (exact) mass is 312 g/mol. The number of aliphatic imine (C=N–C) groups is 1. The van der Waals surface area contributed by atoms with Crippen LogP contribution in [0.15, 0.2) is 23.2 Å². The van der Waals surface area contributed by atoms with Crippen LogP contribution in [0.3, 0.4) is 0 Å². The van der Waals surface area contributed by atoms with Gasteiger partial charge in [-0.15, -0.1) is 0 Å². The summed E-state index contributed by atoms with van der Waals surface area (Å²) in [6, 6.07) is 3.77. The number of halogens is 2. The Kier molecular flexibility index (Phi) is 7.24. The van der Waals surface area contributed by atoms with E-state index < -0.39 is 17.7 Å². The van der Waals surface area contributed by atoms with Crippen LogP contribution in [0, 0.1) is 11.6 Å². The highest BCUT2D eigenvalue weighted by Crippen LogP contribution is 2.23. The normalized spacial score (nSPS) is 14.8. The maximum Gasteiger partial charge on any atom is 0.191 e. The van der Waals surface area contributed by atoms with E-state index in [1.54, 1.807) is 26.0 Å². The molecule has 1 rings (SSSR count). The standard InChI is InChI=1S/C16H26F2N4/c1-6-11(2)21-16(19-3)20-10-14(22(4)5)15-12(17)8-7-9-13(15)18/h7-9,11,14H,6,10H2,1-5H3,(H2,19,20,21). The molecule has 2 N–H and O–H groups in total. The number of benzene rings is 1. The Morgan fingerprint density at radius 2 is 1.86 bits per heavy atom. The van der Waals surface area contributed by atoms with Gasteiger partial charge in [0.1, 0.15) is 11.6 Å². The molecule has 0 aliphatic rings. The fourth-order valence-corrected chi connectivity index (χ4v) is 2.10. The third-order valence-electron chi connectivity index (χ3n) is 3.64. The summed E-state index contributed by atoms with van der Waals surface area (Å²) in [5.41, 5.74) is 0.0685. The van der Waals surface area contributed by atoms with Gasteiger partial charge in [0.25, 0.3) is 0 Å². The highest BCUT2D eigenvalue weighted by Gasteiger charge is 2.22. The Labute approximate surface area is 131 Å². The van der Waals surface area contributed by atoms with Crippen LogP contribution in [0.1, 0.15) is 31.9 Å². The van der Waals surface area contributed by atoms with Crippen molar-refractivity contribution in [3.05, 3.63) is 35.4 Å². The first-order chi connectivity index (χ1) is 10.4. The van der Waals surface area contributed by atoms with Gasteiger partial charge in [-0.1, -0.05) is 13.0 Å². The van der Waals surface area contributed by atoms with Crippen molar-refractivity contribution in [1.82, 2.24) is 15.5 Å². The molecular weight excluding hydrogens is 286 g/mol. The lowest BCUT2D eigenvalue weighted by molar-refractivity contribution is 0.282. The summed E-state index contributed by atoms with van der Waals surface area (Å²) in [4.78, 5) is 5.92. The molecule has 0 saturated heterocycles. The molecule has 0 bridgehead atoms. The lowest BCUT2D eigenvalue weighted by atomic mass is 10.0. The van der Waals surface area contributed by atoms with Crippen molar-refractivity contribution in [2.45, 2.75) is 32.4 Å². The minimum absolute atomic E-state index is 0.0685. The maximum absolute atomic E-state index is 14.0. The van der Waals surface area contributed by atoms with Crippen LogP contribution < -0.4 is 10.6 Å². The molecule has 1 aromatic carbocycles. The van der Waals surface area contributed by atoms with Crippen LogP contribution in [0.4, 0.5) is 8.78 Å². The molecule has 4 nitrogen and oxygen atoms in total. The van der Waals surface area contributed by atoms with Crippen molar-refractivity contribution in [3.8, 4) is 0 Å². The second-order valence-electron chi connectivity index (χ2n) is 5.52. The van der Waals surface area contributed by atoms with E-state index in [1.165, 1.54) is 18.2 Å². The number of rotatable bonds is 6. The van der Waals surface area contributed by atoms with E-state index in [2.05, 4.69) is 22.5 Å². The zero-order chi connectivity index (χ0) is 16.7. The van der Waals surface area contributed by atoms with Crippen LogP contribution in [-0.2, 0) is 0 Å². The number of hydrogen-bond donors (Lipinski definition) is 2. The number of nitrogens with zero attached hydrogens (tertiary/aromatic N) is 2. The van der Waals surface area contributed by atoms with Crippen LogP contribution in [0.2, 0.25) is 0 Å². The smallest absolute Gasteiger partial charge is 0.191 e. The van der Waals surface area contributed by atoms with Crippen molar-refractivity contribution in [3.63, 3.8) is 0 Å². The summed E-state index contributed by atoms with van der Waals surface area (Å²) < 4.78 is 28.0. The number of hydrogen-bond acceptors (Lipinski definition) is 2. The third kappa shape index (κ3) is 4.94. The summed E-state index contributed by atoms with van der Waals surface area (Å²) in [5, 5.41) is 6.36. The molecule has 22 heavy (non-hydrogen) atoms. The first-order valence-corrected chi connectivity index (χ1v) is 7.48. The molecule has 124 valence electrons. The molecular formula is C16H26F2N4. The molecule has 2 atom stereocenters. The van der Waals surface area contributed by atoms with Crippen molar-refractivity contribution in [2.24, 2.45) is 4.99 Å². The Morgan fingerprint density at radius 3 is 2.32 bits per heavy atom. The van der Waals surface area contributed by atoms with Gasteiger partial charge in [-0.2, -0.15) is 0 Å². The fourth-order valence-electron chi connectivity index (χ4n) is 2.10. The first-order valence-electron chi connectivity index (χ1n) is 7.48. The van der Waals surface area contributed by atoms with E-state index in [4.69, 9.17) is 0 Å². The summed E-state index contributed by atoms with van der Waals surface area (Å²) >= 11 is 0. The van der Waals surface area contributed by atoms with E-state index in [-0.39, 0.29) is 11.6 Å². The molecule has 0 fully saturated rings. The molecule has 0 spiro atoms. The van der Waals surface area contributed by atoms with Gasteiger partial charge in [-0.3, -0.25) is 4.99 Å². The Morgan fingerprint density at radius 1 is 1.27 bits per heavy atom. The van der Waals surface area contributed by atoms with Gasteiger partial charge in [0.2, 0.25) is 0 Å². The topological polar surface area (TPSA) is 39.7 Å². The van der Waals surface area contributed by atoms with Gasteiger partial charge in [-0.05, 0) is 39.6 Å². The lowest BCUT2D eigenvalue weighted by Crippen LogP contribution is -2.45. The molecule has 0 aliphatic heterocycles. The molecule has 0 saturated carbocycles. The molecule has 2 unspecified atom stereocenters. The minimum Gasteiger partial charge on any atom is -0.354 e. The van der Waals surface area contributed by atoms with E-state index >= 15 is 0 Å². The van der Waals surface area contributed by atoms with Crippen molar-refractivity contribution < 1.29 is 8.78 Å². The zero-order valence-electron chi connectivity index (χ0n) is 14.0. The van der Waals surface area contributed by atoms with Gasteiger partial charge >= 0.3 is 0 Å². The highest BCUT2D eigenvalue weighted by molar-refractivity contribution is 5.79. The predicted molar refractivity (Wildman–Crippen MR) is 87.0 cm³/mol. The molecule has 0 aromatic heterocycles. The van der Waals surface area contributed by atoms with Crippen molar-refractivity contribution >= 4 is 5.96 Å². The van der Waals surface area contributed by atoms with Crippen LogP contribution in [0.25, 0.3) is 0 Å². The second-order valence-corrected chi connectivity index (χ2v) is 5.52. The molecule has 0 heterocycles. The molecule has 0 amide bonds. The maximum atomic E-state index is 14.0. The predicted octanol–water partition coefficient (Wildman–Crippen LogP) is 2.53. The van der Waals surface area contributed by atoms with Crippen molar-refractivity contribution in [2.75, 3.05) is 27.7 Å². The summed E-state index contributed by atoms with van der Waals surface area (Å²) in [5.74, 6) is -0.450. The average molecular weight is 312 g/mol. The van der Waals surface area contributed by atoms with E-state index in [9.17, 15) is 8.78 Å². The van der Waals surface area contributed by atoms with Crippen LogP contribution in [0.5, 0.6) is 0 Å². The number of likely N-dealkylation sites (N-methyl/N-ethyl adjacent to an activating group) is 1. The number of guanidine groups is 1. The third-order valence-corrected chi connectivity index (χ3v) is 3.64. The average Bonchev–Trinajstić information content (AvgIpc) is 2.48. The summed E-state index contributed by atoms with van der Waals surface area (Å²) in [7, 11) is 5.26. The SMILES string of the molecule is CCC(C)NC(=NC)NCC(c1c(F)cccc1F)N(C)C. The van der Waals surface area contributed by atoms with E-state index in [1.807, 2.05) is 6.92 Å². The molecule has 0 radical (unpaired) electrons. The largest absolute Gasteiger partial charge is 0.354 e. The Balaban J connectivity index is 2.86. The van der Waals surface area contributed by atoms with Crippen LogP contribution in [-0.4, -0.2) is 44.6 Å². The van der Waals surface area contributed by atoms with Gasteiger partial charge in [0.05, 0.1) is 6.04 Å². The van der Waals surface area contributed by atoms with E-state index in [0.29, 0.717) is 12.5 Å². The van der Waals surface area contributed by atoms with E-state index in [0.717, 1.165) is 6.42 Å². The minimum atomic E-state index is -0.537. The van der Waals surface area contributed by atoms with Gasteiger partial charge in [0, 0.05) is 25.2 Å².